The van der Waals surface area contributed by atoms with Gasteiger partial charge < -0.3 is 9.73 Å². The molecule has 0 atom stereocenters. The standard InChI is InChI=1S/C17H10ClFN4O3/c18-14-7-13(6-3-11(14)8-20)21-15(24)9-23-17(25)26-16(22-23)10-1-4-12(19)5-2-10/h1-7H,9H2,(H,21,24). The Bertz CT molecular complexity index is 1070. The third-order valence-corrected chi connectivity index (χ3v) is 3.68. The van der Waals surface area contributed by atoms with Crippen molar-refractivity contribution in [1.29, 1.82) is 5.26 Å². The molecule has 3 rings (SSSR count). The van der Waals surface area contributed by atoms with Crippen LogP contribution in [0.4, 0.5) is 10.1 Å². The zero-order valence-electron chi connectivity index (χ0n) is 13.1. The highest BCUT2D eigenvalue weighted by molar-refractivity contribution is 6.32. The fourth-order valence-electron chi connectivity index (χ4n) is 2.14. The van der Waals surface area contributed by atoms with Gasteiger partial charge in [0.2, 0.25) is 11.8 Å². The maximum absolute atomic E-state index is 12.9. The van der Waals surface area contributed by atoms with Crippen LogP contribution in [0.5, 0.6) is 0 Å². The van der Waals surface area contributed by atoms with Crippen molar-refractivity contribution in [3.05, 3.63) is 69.4 Å². The molecule has 0 aliphatic carbocycles. The summed E-state index contributed by atoms with van der Waals surface area (Å²) < 4.78 is 18.8. The van der Waals surface area contributed by atoms with Crippen molar-refractivity contribution in [1.82, 2.24) is 9.78 Å². The number of amides is 1. The number of benzene rings is 2. The first kappa shape index (κ1) is 17.4. The summed E-state index contributed by atoms with van der Waals surface area (Å²) in [5, 5.41) is 15.5. The van der Waals surface area contributed by atoms with Crippen LogP contribution >= 0.6 is 11.6 Å². The Hall–Kier alpha value is -3.44. The highest BCUT2D eigenvalue weighted by Crippen LogP contribution is 2.20. The van der Waals surface area contributed by atoms with Crippen LogP contribution in [0.25, 0.3) is 11.5 Å². The average Bonchev–Trinajstić information content (AvgIpc) is 2.96. The minimum Gasteiger partial charge on any atom is -0.388 e. The number of nitrogens with one attached hydrogen (secondary N) is 1. The van der Waals surface area contributed by atoms with Crippen molar-refractivity contribution in [3.63, 3.8) is 0 Å². The predicted octanol–water partition coefficient (Wildman–Crippen LogP) is 2.81. The first-order valence-corrected chi connectivity index (χ1v) is 7.67. The minimum absolute atomic E-state index is 0.0239. The molecule has 1 amide bonds. The van der Waals surface area contributed by atoms with Gasteiger partial charge in [0.05, 0.1) is 10.6 Å². The Labute approximate surface area is 151 Å². The molecule has 1 aromatic heterocycles. The lowest BCUT2D eigenvalue weighted by Crippen LogP contribution is -2.25. The molecule has 3 aromatic rings. The summed E-state index contributed by atoms with van der Waals surface area (Å²) in [5.74, 6) is -1.82. The molecule has 0 unspecified atom stereocenters. The van der Waals surface area contributed by atoms with Crippen LogP contribution in [0, 0.1) is 17.1 Å². The molecule has 0 aliphatic rings. The van der Waals surface area contributed by atoms with Gasteiger partial charge in [-0.25, -0.2) is 9.18 Å². The molecule has 0 spiro atoms. The van der Waals surface area contributed by atoms with Crippen LogP contribution in [-0.2, 0) is 11.3 Å². The quantitative estimate of drug-likeness (QED) is 0.758. The smallest absolute Gasteiger partial charge is 0.388 e. The first-order chi connectivity index (χ1) is 12.5. The van der Waals surface area contributed by atoms with Crippen LogP contribution in [0.3, 0.4) is 0 Å². The van der Waals surface area contributed by atoms with E-state index in [4.69, 9.17) is 21.3 Å². The Morgan fingerprint density at radius 2 is 2.04 bits per heavy atom. The van der Waals surface area contributed by atoms with Gasteiger partial charge in [-0.3, -0.25) is 4.79 Å². The van der Waals surface area contributed by atoms with E-state index in [1.165, 1.54) is 42.5 Å². The van der Waals surface area contributed by atoms with Gasteiger partial charge in [-0.15, -0.1) is 5.10 Å². The zero-order chi connectivity index (χ0) is 18.7. The molecule has 0 saturated carbocycles. The Morgan fingerprint density at radius 1 is 1.31 bits per heavy atom. The number of hydrogen-bond acceptors (Lipinski definition) is 5. The van der Waals surface area contributed by atoms with Crippen molar-refractivity contribution in [2.24, 2.45) is 0 Å². The molecule has 2 aromatic carbocycles. The normalized spacial score (nSPS) is 10.3. The monoisotopic (exact) mass is 372 g/mol. The van der Waals surface area contributed by atoms with Gasteiger partial charge in [-0.2, -0.15) is 9.94 Å². The van der Waals surface area contributed by atoms with Crippen molar-refractivity contribution in [2.45, 2.75) is 6.54 Å². The maximum Gasteiger partial charge on any atom is 0.437 e. The lowest BCUT2D eigenvalue weighted by molar-refractivity contribution is -0.117. The molecular weight excluding hydrogens is 363 g/mol. The second-order valence-corrected chi connectivity index (χ2v) is 5.60. The van der Waals surface area contributed by atoms with Gasteiger partial charge >= 0.3 is 5.76 Å². The van der Waals surface area contributed by atoms with E-state index < -0.39 is 17.5 Å². The van der Waals surface area contributed by atoms with Crippen LogP contribution in [0.1, 0.15) is 5.56 Å². The molecule has 0 bridgehead atoms. The third-order valence-electron chi connectivity index (χ3n) is 3.36. The molecule has 0 radical (unpaired) electrons. The van der Waals surface area contributed by atoms with Crippen molar-refractivity contribution < 1.29 is 13.6 Å². The van der Waals surface area contributed by atoms with Crippen LogP contribution in [0.15, 0.2) is 51.7 Å². The van der Waals surface area contributed by atoms with E-state index >= 15 is 0 Å². The van der Waals surface area contributed by atoms with Gasteiger partial charge in [0, 0.05) is 11.3 Å². The molecule has 0 aliphatic heterocycles. The second kappa shape index (κ2) is 7.21. The van der Waals surface area contributed by atoms with Crippen LogP contribution in [0.2, 0.25) is 5.02 Å². The fourth-order valence-corrected chi connectivity index (χ4v) is 2.36. The van der Waals surface area contributed by atoms with Gasteiger partial charge in [0.25, 0.3) is 0 Å². The summed E-state index contributed by atoms with van der Waals surface area (Å²) in [6, 6.07) is 11.5. The Balaban J connectivity index is 1.74. The molecular formula is C17H10ClFN4O3. The molecule has 0 fully saturated rings. The summed E-state index contributed by atoms with van der Waals surface area (Å²) >= 11 is 5.90. The molecule has 9 heteroatoms. The third kappa shape index (κ3) is 3.79. The number of hydrogen-bond donors (Lipinski definition) is 1. The SMILES string of the molecule is N#Cc1ccc(NC(=O)Cn2nc(-c3ccc(F)cc3)oc2=O)cc1Cl. The van der Waals surface area contributed by atoms with E-state index in [2.05, 4.69) is 10.4 Å². The number of carbonyl (C=O) groups is 1. The Morgan fingerprint density at radius 3 is 2.69 bits per heavy atom. The summed E-state index contributed by atoms with van der Waals surface area (Å²) in [5.41, 5.74) is 1.05. The lowest BCUT2D eigenvalue weighted by Gasteiger charge is -2.05. The van der Waals surface area contributed by atoms with E-state index in [-0.39, 0.29) is 23.0 Å². The molecule has 1 N–H and O–H groups in total. The zero-order valence-corrected chi connectivity index (χ0v) is 13.8. The van der Waals surface area contributed by atoms with E-state index in [0.717, 1.165) is 4.68 Å². The number of aromatic nitrogens is 2. The number of rotatable bonds is 4. The molecule has 26 heavy (non-hydrogen) atoms. The molecule has 1 heterocycles. The van der Waals surface area contributed by atoms with Gasteiger partial charge in [-0.1, -0.05) is 11.6 Å². The van der Waals surface area contributed by atoms with Crippen molar-refractivity contribution in [2.75, 3.05) is 5.32 Å². The molecule has 0 saturated heterocycles. The van der Waals surface area contributed by atoms with Gasteiger partial charge in [0.1, 0.15) is 18.4 Å². The minimum atomic E-state index is -0.822. The highest BCUT2D eigenvalue weighted by Gasteiger charge is 2.14. The van der Waals surface area contributed by atoms with Crippen molar-refractivity contribution in [3.8, 4) is 17.5 Å². The molecule has 130 valence electrons. The largest absolute Gasteiger partial charge is 0.437 e. The Kier molecular flexibility index (Phi) is 4.82. The summed E-state index contributed by atoms with van der Waals surface area (Å²) in [7, 11) is 0. The van der Waals surface area contributed by atoms with Crippen LogP contribution < -0.4 is 11.1 Å². The lowest BCUT2D eigenvalue weighted by atomic mass is 10.2. The van der Waals surface area contributed by atoms with E-state index in [1.54, 1.807) is 0 Å². The second-order valence-electron chi connectivity index (χ2n) is 5.19. The number of nitrogens with zero attached hydrogens (tertiary/aromatic N) is 3. The molecule has 7 nitrogen and oxygen atoms in total. The van der Waals surface area contributed by atoms with E-state index in [1.807, 2.05) is 6.07 Å². The maximum atomic E-state index is 12.9. The summed E-state index contributed by atoms with van der Waals surface area (Å²) in [4.78, 5) is 23.9. The topological polar surface area (TPSA) is 101 Å². The number of nitriles is 1. The number of anilines is 1. The first-order valence-electron chi connectivity index (χ1n) is 7.29. The summed E-state index contributed by atoms with van der Waals surface area (Å²) in [6.45, 7) is -0.388. The van der Waals surface area contributed by atoms with E-state index in [9.17, 15) is 14.0 Å². The van der Waals surface area contributed by atoms with E-state index in [0.29, 0.717) is 11.3 Å². The highest BCUT2D eigenvalue weighted by atomic mass is 35.5. The number of carbonyl (C=O) groups excluding carboxylic acids is 1. The average molecular weight is 373 g/mol. The van der Waals surface area contributed by atoms with Gasteiger partial charge in [-0.05, 0) is 42.5 Å². The number of halogens is 2. The fraction of sp³-hybridized carbons (Fsp3) is 0.0588. The van der Waals surface area contributed by atoms with Crippen molar-refractivity contribution >= 4 is 23.2 Å². The van der Waals surface area contributed by atoms with Crippen LogP contribution in [-0.4, -0.2) is 15.7 Å². The predicted molar refractivity (Wildman–Crippen MR) is 91.0 cm³/mol. The van der Waals surface area contributed by atoms with Gasteiger partial charge in [0.15, 0.2) is 0 Å². The summed E-state index contributed by atoms with van der Waals surface area (Å²) in [6.07, 6.45) is 0.